The van der Waals surface area contributed by atoms with Gasteiger partial charge in [0.1, 0.15) is 17.3 Å². The molecule has 0 fully saturated rings. The highest BCUT2D eigenvalue weighted by molar-refractivity contribution is 14.1. The molecule has 1 amide bonds. The van der Waals surface area contributed by atoms with E-state index in [2.05, 4.69) is 32.9 Å². The van der Waals surface area contributed by atoms with Gasteiger partial charge in [0.25, 0.3) is 5.91 Å². The van der Waals surface area contributed by atoms with E-state index in [9.17, 15) is 9.59 Å². The van der Waals surface area contributed by atoms with Crippen molar-refractivity contribution in [3.05, 3.63) is 95.9 Å². The van der Waals surface area contributed by atoms with E-state index in [0.717, 1.165) is 17.0 Å². The molecule has 8 nitrogen and oxygen atoms in total. The SMILES string of the molecule is CC(Oc1ccccc1)C(=O)Nc1cc(OCCc2nc(-c3ccccc3)oc2CI)ccc1CCC(=O)O. The zero-order valence-electron chi connectivity index (χ0n) is 21.4. The Morgan fingerprint density at radius 2 is 1.72 bits per heavy atom. The molecule has 4 rings (SSSR count). The number of anilines is 1. The number of carbonyl (C=O) groups excluding carboxylic acids is 1. The van der Waals surface area contributed by atoms with E-state index in [1.54, 1.807) is 37.3 Å². The molecule has 9 heteroatoms. The van der Waals surface area contributed by atoms with Gasteiger partial charge in [-0.25, -0.2) is 4.98 Å². The summed E-state index contributed by atoms with van der Waals surface area (Å²) in [6.45, 7) is 2.01. The highest BCUT2D eigenvalue weighted by Gasteiger charge is 2.18. The summed E-state index contributed by atoms with van der Waals surface area (Å²) in [5.74, 6) is 1.25. The Morgan fingerprint density at radius 3 is 2.41 bits per heavy atom. The Balaban J connectivity index is 1.43. The summed E-state index contributed by atoms with van der Waals surface area (Å²) >= 11 is 2.25. The average molecular weight is 640 g/mol. The molecule has 1 atom stereocenters. The quantitative estimate of drug-likeness (QED) is 0.130. The summed E-state index contributed by atoms with van der Waals surface area (Å²) in [7, 11) is 0. The number of nitrogens with zero attached hydrogens (tertiary/aromatic N) is 1. The molecule has 0 spiro atoms. The van der Waals surface area contributed by atoms with Crippen LogP contribution in [0.15, 0.2) is 83.3 Å². The van der Waals surface area contributed by atoms with Crippen LogP contribution in [0, 0.1) is 0 Å². The number of carboxylic acids is 1. The first kappa shape index (κ1) is 28.2. The third-order valence-corrected chi connectivity index (χ3v) is 6.59. The minimum atomic E-state index is -0.915. The number of nitrogens with one attached hydrogen (secondary N) is 1. The molecule has 4 aromatic rings. The molecular formula is C30H29IN2O6. The number of carboxylic acid groups (broad SMARTS) is 1. The highest BCUT2D eigenvalue weighted by atomic mass is 127. The van der Waals surface area contributed by atoms with Crippen LogP contribution >= 0.6 is 22.6 Å². The van der Waals surface area contributed by atoms with Crippen LogP contribution in [0.2, 0.25) is 0 Å². The van der Waals surface area contributed by atoms with Crippen LogP contribution in [-0.4, -0.2) is 34.7 Å². The minimum Gasteiger partial charge on any atom is -0.493 e. The third kappa shape index (κ3) is 8.06. The van der Waals surface area contributed by atoms with Gasteiger partial charge in [-0.05, 0) is 49.2 Å². The molecule has 0 radical (unpaired) electrons. The first-order valence-corrected chi connectivity index (χ1v) is 14.1. The van der Waals surface area contributed by atoms with Crippen molar-refractivity contribution in [2.45, 2.75) is 36.7 Å². The number of aromatic nitrogens is 1. The van der Waals surface area contributed by atoms with Gasteiger partial charge in [-0.2, -0.15) is 0 Å². The molecule has 1 aromatic heterocycles. The lowest BCUT2D eigenvalue weighted by molar-refractivity contribution is -0.137. The number of oxazole rings is 1. The molecule has 2 N–H and O–H groups in total. The van der Waals surface area contributed by atoms with Gasteiger partial charge in [0.05, 0.1) is 16.7 Å². The second-order valence-corrected chi connectivity index (χ2v) is 9.52. The van der Waals surface area contributed by atoms with Crippen LogP contribution in [0.25, 0.3) is 11.5 Å². The van der Waals surface area contributed by atoms with Gasteiger partial charge in [-0.3, -0.25) is 9.59 Å². The standard InChI is InChI=1S/C30H29IN2O6/c1-20(38-23-10-6-3-7-11-23)29(36)32-26-18-24(14-12-21(26)13-15-28(34)35)37-17-16-25-27(19-31)39-30(33-25)22-8-4-2-5-9-22/h2-12,14,18,20H,13,15-17,19H2,1H3,(H,32,36)(H,34,35). The number of aryl methyl sites for hydroxylation is 1. The van der Waals surface area contributed by atoms with Gasteiger partial charge in [-0.15, -0.1) is 0 Å². The van der Waals surface area contributed by atoms with Crippen LogP contribution in [0.5, 0.6) is 11.5 Å². The highest BCUT2D eigenvalue weighted by Crippen LogP contribution is 2.27. The fraction of sp³-hybridized carbons (Fsp3) is 0.233. The Labute approximate surface area is 240 Å². The van der Waals surface area contributed by atoms with Crippen molar-refractivity contribution in [2.75, 3.05) is 11.9 Å². The molecule has 0 aliphatic rings. The molecule has 3 aromatic carbocycles. The van der Waals surface area contributed by atoms with E-state index in [4.69, 9.17) is 19.0 Å². The Bertz CT molecular complexity index is 1390. The monoisotopic (exact) mass is 640 g/mol. The molecule has 1 heterocycles. The number of hydrogen-bond donors (Lipinski definition) is 2. The normalized spacial score (nSPS) is 11.5. The summed E-state index contributed by atoms with van der Waals surface area (Å²) in [4.78, 5) is 28.7. The maximum Gasteiger partial charge on any atom is 0.303 e. The van der Waals surface area contributed by atoms with Crippen molar-refractivity contribution >= 4 is 40.2 Å². The number of carbonyl (C=O) groups is 2. The molecule has 1 unspecified atom stereocenters. The fourth-order valence-electron chi connectivity index (χ4n) is 3.87. The van der Waals surface area contributed by atoms with Crippen LogP contribution in [0.4, 0.5) is 5.69 Å². The second-order valence-electron chi connectivity index (χ2n) is 8.76. The third-order valence-electron chi connectivity index (χ3n) is 5.90. The predicted molar refractivity (Wildman–Crippen MR) is 156 cm³/mol. The van der Waals surface area contributed by atoms with Crippen molar-refractivity contribution < 1.29 is 28.6 Å². The zero-order chi connectivity index (χ0) is 27.6. The average Bonchev–Trinajstić information content (AvgIpc) is 3.36. The van der Waals surface area contributed by atoms with Crippen molar-refractivity contribution in [3.63, 3.8) is 0 Å². The molecule has 39 heavy (non-hydrogen) atoms. The summed E-state index contributed by atoms with van der Waals surface area (Å²) < 4.78 is 18.4. The van der Waals surface area contributed by atoms with Crippen molar-refractivity contribution in [1.29, 1.82) is 0 Å². The second kappa shape index (κ2) is 13.8. The molecule has 0 aliphatic heterocycles. The number of halogens is 1. The lowest BCUT2D eigenvalue weighted by Crippen LogP contribution is -2.30. The summed E-state index contributed by atoms with van der Waals surface area (Å²) in [5.41, 5.74) is 2.93. The predicted octanol–water partition coefficient (Wildman–Crippen LogP) is 6.32. The first-order chi connectivity index (χ1) is 18.9. The van der Waals surface area contributed by atoms with Gasteiger partial charge < -0.3 is 24.3 Å². The number of hydrogen-bond acceptors (Lipinski definition) is 6. The van der Waals surface area contributed by atoms with E-state index in [1.807, 2.05) is 48.5 Å². The van der Waals surface area contributed by atoms with E-state index >= 15 is 0 Å². The Morgan fingerprint density at radius 1 is 1.00 bits per heavy atom. The maximum absolute atomic E-state index is 12.9. The van der Waals surface area contributed by atoms with Crippen LogP contribution in [-0.2, 0) is 26.9 Å². The number of aliphatic carboxylic acids is 1. The largest absolute Gasteiger partial charge is 0.493 e. The number of alkyl halides is 1. The van der Waals surface area contributed by atoms with Crippen molar-refractivity contribution in [1.82, 2.24) is 4.98 Å². The van der Waals surface area contributed by atoms with E-state index in [-0.39, 0.29) is 18.7 Å². The fourth-order valence-corrected chi connectivity index (χ4v) is 4.46. The number of ether oxygens (including phenoxy) is 2. The van der Waals surface area contributed by atoms with Gasteiger partial charge >= 0.3 is 5.97 Å². The van der Waals surface area contributed by atoms with Gasteiger partial charge in [0, 0.05) is 30.2 Å². The molecule has 0 aliphatic carbocycles. The molecule has 0 saturated carbocycles. The molecule has 202 valence electrons. The minimum absolute atomic E-state index is 0.0614. The Hall–Kier alpha value is -3.86. The van der Waals surface area contributed by atoms with E-state index in [1.165, 1.54) is 0 Å². The smallest absolute Gasteiger partial charge is 0.303 e. The summed E-state index contributed by atoms with van der Waals surface area (Å²) in [5, 5.41) is 12.0. The number of amides is 1. The molecular weight excluding hydrogens is 611 g/mol. The van der Waals surface area contributed by atoms with Crippen molar-refractivity contribution in [3.8, 4) is 23.0 Å². The molecule has 0 saturated heterocycles. The molecule has 0 bridgehead atoms. The van der Waals surface area contributed by atoms with Crippen LogP contribution < -0.4 is 14.8 Å². The number of para-hydroxylation sites is 1. The maximum atomic E-state index is 12.9. The van der Waals surface area contributed by atoms with Crippen molar-refractivity contribution in [2.24, 2.45) is 0 Å². The first-order valence-electron chi connectivity index (χ1n) is 12.5. The topological polar surface area (TPSA) is 111 Å². The van der Waals surface area contributed by atoms with Gasteiger partial charge in [0.15, 0.2) is 6.10 Å². The number of benzene rings is 3. The Kier molecular flexibility index (Phi) is 9.96. The van der Waals surface area contributed by atoms with E-state index in [0.29, 0.717) is 46.1 Å². The van der Waals surface area contributed by atoms with E-state index < -0.39 is 12.1 Å². The summed E-state index contributed by atoms with van der Waals surface area (Å²) in [6.07, 6.45) is -0.0194. The number of rotatable bonds is 13. The van der Waals surface area contributed by atoms with Gasteiger partial charge in [0.2, 0.25) is 5.89 Å². The summed E-state index contributed by atoms with van der Waals surface area (Å²) in [6, 6.07) is 24.1. The lowest BCUT2D eigenvalue weighted by atomic mass is 10.1. The van der Waals surface area contributed by atoms with Crippen LogP contribution in [0.3, 0.4) is 0 Å². The lowest BCUT2D eigenvalue weighted by Gasteiger charge is -2.17. The van der Waals surface area contributed by atoms with Gasteiger partial charge in [-0.1, -0.05) is 65.1 Å². The zero-order valence-corrected chi connectivity index (χ0v) is 23.6. The van der Waals surface area contributed by atoms with Crippen LogP contribution in [0.1, 0.15) is 30.4 Å².